The summed E-state index contributed by atoms with van der Waals surface area (Å²) in [6, 6.07) is 7.52. The zero-order chi connectivity index (χ0) is 14.7. The summed E-state index contributed by atoms with van der Waals surface area (Å²) in [6.07, 6.45) is 0.596. The molecule has 6 heteroatoms. The van der Waals surface area contributed by atoms with Crippen LogP contribution in [0.4, 0.5) is 0 Å². The molecule has 1 aromatic heterocycles. The van der Waals surface area contributed by atoms with Gasteiger partial charge in [-0.3, -0.25) is 0 Å². The average Bonchev–Trinajstić information content (AvgIpc) is 2.71. The number of carboxylic acids is 1. The van der Waals surface area contributed by atoms with Gasteiger partial charge >= 0.3 is 5.97 Å². The van der Waals surface area contributed by atoms with Gasteiger partial charge in [-0.25, -0.2) is 9.78 Å². The summed E-state index contributed by atoms with van der Waals surface area (Å²) < 4.78 is 0. The lowest BCUT2D eigenvalue weighted by atomic mass is 10.2. The second-order valence-electron chi connectivity index (χ2n) is 4.73. The quantitative estimate of drug-likeness (QED) is 0.921. The molecule has 0 saturated carbocycles. The third-order valence-electron chi connectivity index (χ3n) is 2.65. The molecule has 2 rings (SSSR count). The van der Waals surface area contributed by atoms with Crippen LogP contribution in [0, 0.1) is 0 Å². The van der Waals surface area contributed by atoms with Gasteiger partial charge in [0.15, 0.2) is 5.69 Å². The standard InChI is InChI=1S/C14H15ClN2O2S/c1-17(2)8-11-13(14(18)19)16-12(20-11)7-9-4-3-5-10(15)6-9/h3-6H,7-8H2,1-2H3,(H,18,19). The van der Waals surface area contributed by atoms with Gasteiger partial charge in [-0.15, -0.1) is 11.3 Å². The van der Waals surface area contributed by atoms with E-state index in [1.54, 1.807) is 0 Å². The summed E-state index contributed by atoms with van der Waals surface area (Å²) in [7, 11) is 3.81. The van der Waals surface area contributed by atoms with Crippen LogP contribution in [-0.2, 0) is 13.0 Å². The molecular formula is C14H15ClN2O2S. The van der Waals surface area contributed by atoms with Gasteiger partial charge in [0.25, 0.3) is 0 Å². The predicted octanol–water partition coefficient (Wildman–Crippen LogP) is 3.15. The lowest BCUT2D eigenvalue weighted by Gasteiger charge is -2.06. The number of carboxylic acid groups (broad SMARTS) is 1. The van der Waals surface area contributed by atoms with E-state index in [-0.39, 0.29) is 5.69 Å². The summed E-state index contributed by atoms with van der Waals surface area (Å²) in [6.45, 7) is 0.578. The van der Waals surface area contributed by atoms with Crippen molar-refractivity contribution in [1.29, 1.82) is 0 Å². The van der Waals surface area contributed by atoms with Crippen molar-refractivity contribution in [2.45, 2.75) is 13.0 Å². The minimum atomic E-state index is -0.976. The number of carbonyl (C=O) groups is 1. The van der Waals surface area contributed by atoms with Crippen LogP contribution >= 0.6 is 22.9 Å². The Bertz CT molecular complexity index is 625. The van der Waals surface area contributed by atoms with E-state index >= 15 is 0 Å². The molecule has 1 heterocycles. The number of benzene rings is 1. The Morgan fingerprint density at radius 3 is 2.80 bits per heavy atom. The second-order valence-corrected chi connectivity index (χ2v) is 6.33. The maximum absolute atomic E-state index is 11.2. The SMILES string of the molecule is CN(C)Cc1sc(Cc2cccc(Cl)c2)nc1C(=O)O. The highest BCUT2D eigenvalue weighted by molar-refractivity contribution is 7.11. The van der Waals surface area contributed by atoms with Crippen LogP contribution in [0.1, 0.15) is 25.9 Å². The normalized spacial score (nSPS) is 11.0. The van der Waals surface area contributed by atoms with E-state index < -0.39 is 5.97 Å². The Hall–Kier alpha value is -1.43. The number of aromatic carboxylic acids is 1. The zero-order valence-corrected chi connectivity index (χ0v) is 12.8. The minimum Gasteiger partial charge on any atom is -0.476 e. The van der Waals surface area contributed by atoms with E-state index in [1.165, 1.54) is 11.3 Å². The highest BCUT2D eigenvalue weighted by Crippen LogP contribution is 2.23. The van der Waals surface area contributed by atoms with Crippen LogP contribution in [0.15, 0.2) is 24.3 Å². The molecule has 4 nitrogen and oxygen atoms in total. The van der Waals surface area contributed by atoms with Crippen LogP contribution in [0.25, 0.3) is 0 Å². The molecule has 0 bridgehead atoms. The fourth-order valence-electron chi connectivity index (χ4n) is 1.86. The van der Waals surface area contributed by atoms with Gasteiger partial charge in [-0.05, 0) is 31.8 Å². The Labute approximate surface area is 126 Å². The van der Waals surface area contributed by atoms with Crippen LogP contribution in [0.5, 0.6) is 0 Å². The van der Waals surface area contributed by atoms with Gasteiger partial charge in [0, 0.05) is 18.0 Å². The fraction of sp³-hybridized carbons (Fsp3) is 0.286. The minimum absolute atomic E-state index is 0.153. The molecule has 0 saturated heterocycles. The molecule has 0 spiro atoms. The van der Waals surface area contributed by atoms with Crippen molar-refractivity contribution in [3.05, 3.63) is 50.4 Å². The van der Waals surface area contributed by atoms with Gasteiger partial charge in [-0.1, -0.05) is 23.7 Å². The second kappa shape index (κ2) is 6.35. The maximum Gasteiger partial charge on any atom is 0.355 e. The molecule has 0 aliphatic carbocycles. The van der Waals surface area contributed by atoms with Crippen molar-refractivity contribution in [3.8, 4) is 0 Å². The molecule has 20 heavy (non-hydrogen) atoms. The zero-order valence-electron chi connectivity index (χ0n) is 11.3. The molecule has 0 amide bonds. The van der Waals surface area contributed by atoms with Crippen molar-refractivity contribution in [2.75, 3.05) is 14.1 Å². The molecule has 1 aromatic carbocycles. The monoisotopic (exact) mass is 310 g/mol. The average molecular weight is 311 g/mol. The van der Waals surface area contributed by atoms with Gasteiger partial charge in [-0.2, -0.15) is 0 Å². The van der Waals surface area contributed by atoms with Gasteiger partial charge in [0.05, 0.1) is 9.88 Å². The van der Waals surface area contributed by atoms with Crippen LogP contribution < -0.4 is 0 Å². The largest absolute Gasteiger partial charge is 0.476 e. The van der Waals surface area contributed by atoms with Crippen molar-refractivity contribution < 1.29 is 9.90 Å². The van der Waals surface area contributed by atoms with E-state index in [9.17, 15) is 9.90 Å². The molecule has 0 atom stereocenters. The highest BCUT2D eigenvalue weighted by atomic mass is 35.5. The number of hydrogen-bond donors (Lipinski definition) is 1. The van der Waals surface area contributed by atoms with E-state index in [4.69, 9.17) is 11.6 Å². The van der Waals surface area contributed by atoms with Gasteiger partial charge in [0.1, 0.15) is 0 Å². The van der Waals surface area contributed by atoms with E-state index in [2.05, 4.69) is 4.98 Å². The number of thiazole rings is 1. The number of rotatable bonds is 5. The van der Waals surface area contributed by atoms with Crippen molar-refractivity contribution >= 4 is 28.9 Å². The predicted molar refractivity (Wildman–Crippen MR) is 80.7 cm³/mol. The molecule has 0 aliphatic heterocycles. The molecule has 106 valence electrons. The summed E-state index contributed by atoms with van der Waals surface area (Å²) >= 11 is 7.39. The third kappa shape index (κ3) is 3.79. The molecule has 0 aliphatic rings. The Kier molecular flexibility index (Phi) is 4.75. The fourth-order valence-corrected chi connectivity index (χ4v) is 3.28. The van der Waals surface area contributed by atoms with E-state index in [0.29, 0.717) is 18.0 Å². The number of nitrogens with zero attached hydrogens (tertiary/aromatic N) is 2. The summed E-state index contributed by atoms with van der Waals surface area (Å²) in [5.74, 6) is -0.976. The molecule has 1 N–H and O–H groups in total. The first-order valence-electron chi connectivity index (χ1n) is 6.06. The van der Waals surface area contributed by atoms with Crippen LogP contribution in [0.2, 0.25) is 5.02 Å². The molecule has 0 fully saturated rings. The lowest BCUT2D eigenvalue weighted by molar-refractivity contribution is 0.0689. The number of hydrogen-bond acceptors (Lipinski definition) is 4. The molecule has 2 aromatic rings. The Morgan fingerprint density at radius 2 is 2.20 bits per heavy atom. The van der Waals surface area contributed by atoms with E-state index in [1.807, 2.05) is 43.3 Å². The van der Waals surface area contributed by atoms with E-state index in [0.717, 1.165) is 15.4 Å². The summed E-state index contributed by atoms with van der Waals surface area (Å²) in [5, 5.41) is 10.7. The third-order valence-corrected chi connectivity index (χ3v) is 3.92. The van der Waals surface area contributed by atoms with Crippen LogP contribution in [-0.4, -0.2) is 35.1 Å². The summed E-state index contributed by atoms with van der Waals surface area (Å²) in [4.78, 5) is 18.2. The highest BCUT2D eigenvalue weighted by Gasteiger charge is 2.17. The van der Waals surface area contributed by atoms with Crippen LogP contribution in [0.3, 0.4) is 0 Å². The Balaban J connectivity index is 2.26. The number of halogens is 1. The smallest absolute Gasteiger partial charge is 0.355 e. The topological polar surface area (TPSA) is 53.4 Å². The first-order valence-corrected chi connectivity index (χ1v) is 7.26. The molecule has 0 radical (unpaired) electrons. The van der Waals surface area contributed by atoms with Crippen molar-refractivity contribution in [2.24, 2.45) is 0 Å². The Morgan fingerprint density at radius 1 is 1.45 bits per heavy atom. The summed E-state index contributed by atoms with van der Waals surface area (Å²) in [5.41, 5.74) is 1.18. The lowest BCUT2D eigenvalue weighted by Crippen LogP contribution is -2.12. The van der Waals surface area contributed by atoms with Crippen molar-refractivity contribution in [3.63, 3.8) is 0 Å². The number of aromatic nitrogens is 1. The van der Waals surface area contributed by atoms with Gasteiger partial charge < -0.3 is 10.0 Å². The first-order chi connectivity index (χ1) is 9.45. The first kappa shape index (κ1) is 15.0. The van der Waals surface area contributed by atoms with Gasteiger partial charge in [0.2, 0.25) is 0 Å². The van der Waals surface area contributed by atoms with Crippen molar-refractivity contribution in [1.82, 2.24) is 9.88 Å². The molecular weight excluding hydrogens is 296 g/mol. The molecule has 0 unspecified atom stereocenters. The maximum atomic E-state index is 11.2.